The fourth-order valence-corrected chi connectivity index (χ4v) is 2.05. The Morgan fingerprint density at radius 2 is 2.10 bits per heavy atom. The maximum absolute atomic E-state index is 12.2. The van der Waals surface area contributed by atoms with Gasteiger partial charge in [-0.25, -0.2) is 0 Å². The number of hydrogen-bond donors (Lipinski definition) is 2. The van der Waals surface area contributed by atoms with Crippen molar-refractivity contribution in [3.05, 3.63) is 35.7 Å². The molecule has 0 aliphatic carbocycles. The summed E-state index contributed by atoms with van der Waals surface area (Å²) in [6.45, 7) is 0.134. The van der Waals surface area contributed by atoms with Crippen molar-refractivity contribution < 1.29 is 19.1 Å². The average molecular weight is 288 g/mol. The zero-order valence-electron chi connectivity index (χ0n) is 11.1. The number of nitrogens with two attached hydrogens (primary N) is 1. The van der Waals surface area contributed by atoms with E-state index in [1.165, 1.54) is 10.9 Å². The number of nitrogens with one attached hydrogen (secondary N) is 1. The highest BCUT2D eigenvalue weighted by molar-refractivity contribution is 6.08. The Morgan fingerprint density at radius 1 is 1.33 bits per heavy atom. The lowest BCUT2D eigenvalue weighted by Gasteiger charge is -2.06. The number of fused-ring (bicyclic) bond motifs is 1. The number of rotatable bonds is 3. The van der Waals surface area contributed by atoms with Gasteiger partial charge in [-0.2, -0.15) is 5.10 Å². The largest absolute Gasteiger partial charge is 0.454 e. The van der Waals surface area contributed by atoms with Gasteiger partial charge in [0, 0.05) is 12.6 Å². The van der Waals surface area contributed by atoms with Crippen LogP contribution in [0.4, 0.5) is 5.69 Å². The van der Waals surface area contributed by atoms with Gasteiger partial charge in [-0.05, 0) is 18.2 Å². The highest BCUT2D eigenvalue weighted by Crippen LogP contribution is 2.32. The third-order valence-corrected chi connectivity index (χ3v) is 3.06. The van der Waals surface area contributed by atoms with Crippen LogP contribution in [0.15, 0.2) is 24.4 Å². The summed E-state index contributed by atoms with van der Waals surface area (Å²) in [5, 5.41) is 6.50. The minimum atomic E-state index is -0.670. The molecule has 0 bridgehead atoms. The van der Waals surface area contributed by atoms with E-state index in [0.717, 1.165) is 0 Å². The highest BCUT2D eigenvalue weighted by Gasteiger charge is 2.19. The van der Waals surface area contributed by atoms with Crippen molar-refractivity contribution in [2.75, 3.05) is 12.1 Å². The Balaban J connectivity index is 1.85. The molecule has 0 fully saturated rings. The maximum Gasteiger partial charge on any atom is 0.269 e. The minimum Gasteiger partial charge on any atom is -0.454 e. The fourth-order valence-electron chi connectivity index (χ4n) is 2.05. The molecule has 0 radical (unpaired) electrons. The van der Waals surface area contributed by atoms with Crippen molar-refractivity contribution in [3.8, 4) is 11.5 Å². The molecule has 3 rings (SSSR count). The minimum absolute atomic E-state index is 0.129. The molecule has 0 unspecified atom stereocenters. The summed E-state index contributed by atoms with van der Waals surface area (Å²) in [6.07, 6.45) is 1.37. The number of amides is 2. The number of benzene rings is 1. The summed E-state index contributed by atoms with van der Waals surface area (Å²) in [6, 6.07) is 4.82. The lowest BCUT2D eigenvalue weighted by atomic mass is 10.2. The van der Waals surface area contributed by atoms with Gasteiger partial charge < -0.3 is 20.5 Å². The number of aromatic nitrogens is 2. The van der Waals surface area contributed by atoms with Crippen molar-refractivity contribution in [3.63, 3.8) is 0 Å². The lowest BCUT2D eigenvalue weighted by Crippen LogP contribution is -2.20. The molecule has 108 valence electrons. The van der Waals surface area contributed by atoms with E-state index in [4.69, 9.17) is 15.2 Å². The van der Waals surface area contributed by atoms with Crippen molar-refractivity contribution in [2.24, 2.45) is 12.8 Å². The van der Waals surface area contributed by atoms with E-state index in [2.05, 4.69) is 10.4 Å². The van der Waals surface area contributed by atoms with Crippen molar-refractivity contribution in [1.29, 1.82) is 0 Å². The molecular weight excluding hydrogens is 276 g/mol. The topological polar surface area (TPSA) is 108 Å². The van der Waals surface area contributed by atoms with Gasteiger partial charge in [0.1, 0.15) is 5.69 Å². The van der Waals surface area contributed by atoms with Gasteiger partial charge >= 0.3 is 0 Å². The average Bonchev–Trinajstić information content (AvgIpc) is 3.04. The van der Waals surface area contributed by atoms with Crippen LogP contribution >= 0.6 is 0 Å². The van der Waals surface area contributed by atoms with Crippen molar-refractivity contribution >= 4 is 17.5 Å². The van der Waals surface area contributed by atoms with Crippen LogP contribution in [0.2, 0.25) is 0 Å². The second-order valence-electron chi connectivity index (χ2n) is 4.42. The van der Waals surface area contributed by atoms with Crippen molar-refractivity contribution in [1.82, 2.24) is 9.78 Å². The summed E-state index contributed by atoms with van der Waals surface area (Å²) >= 11 is 0. The van der Waals surface area contributed by atoms with Crippen LogP contribution in [0.1, 0.15) is 20.8 Å². The fraction of sp³-hybridized carbons (Fsp3) is 0.154. The second-order valence-corrected chi connectivity index (χ2v) is 4.42. The lowest BCUT2D eigenvalue weighted by molar-refractivity contribution is 0.0992. The number of anilines is 1. The molecule has 1 aromatic carbocycles. The first-order chi connectivity index (χ1) is 10.1. The zero-order chi connectivity index (χ0) is 15.0. The van der Waals surface area contributed by atoms with Crippen LogP contribution in [0.3, 0.4) is 0 Å². The molecule has 1 aliphatic heterocycles. The zero-order valence-corrected chi connectivity index (χ0v) is 11.1. The quantitative estimate of drug-likeness (QED) is 0.855. The first-order valence-electron chi connectivity index (χ1n) is 6.09. The highest BCUT2D eigenvalue weighted by atomic mass is 16.7. The smallest absolute Gasteiger partial charge is 0.269 e. The molecule has 0 spiro atoms. The van der Waals surface area contributed by atoms with Gasteiger partial charge in [-0.15, -0.1) is 0 Å². The molecule has 21 heavy (non-hydrogen) atoms. The molecule has 1 aliphatic rings. The Morgan fingerprint density at radius 3 is 2.86 bits per heavy atom. The molecule has 2 aromatic rings. The summed E-state index contributed by atoms with van der Waals surface area (Å²) in [7, 11) is 1.57. The molecule has 8 heteroatoms. The van der Waals surface area contributed by atoms with Gasteiger partial charge in [-0.3, -0.25) is 14.3 Å². The van der Waals surface area contributed by atoms with Crippen LogP contribution < -0.4 is 20.5 Å². The van der Waals surface area contributed by atoms with Gasteiger partial charge in [0.05, 0.1) is 11.9 Å². The van der Waals surface area contributed by atoms with E-state index >= 15 is 0 Å². The van der Waals surface area contributed by atoms with Crippen LogP contribution in [0.5, 0.6) is 11.5 Å². The molecule has 1 aromatic heterocycles. The predicted octanol–water partition coefficient (Wildman–Crippen LogP) is 0.500. The van der Waals surface area contributed by atoms with E-state index < -0.39 is 11.8 Å². The number of aryl methyl sites for hydroxylation is 1. The SMILES string of the molecule is Cn1ncc(NC(=O)c2ccc3c(c2)OCO3)c1C(N)=O. The summed E-state index contributed by atoms with van der Waals surface area (Å²) < 4.78 is 11.7. The third-order valence-electron chi connectivity index (χ3n) is 3.06. The molecule has 0 atom stereocenters. The van der Waals surface area contributed by atoms with E-state index in [9.17, 15) is 9.59 Å². The molecule has 0 saturated carbocycles. The Kier molecular flexibility index (Phi) is 2.98. The van der Waals surface area contributed by atoms with Crippen molar-refractivity contribution in [2.45, 2.75) is 0 Å². The number of hydrogen-bond acceptors (Lipinski definition) is 5. The molecule has 2 amide bonds. The number of carbonyl (C=O) groups excluding carboxylic acids is 2. The molecular formula is C13H12N4O4. The third kappa shape index (κ3) is 2.27. The standard InChI is InChI=1S/C13H12N4O4/c1-17-11(12(14)18)8(5-15-17)16-13(19)7-2-3-9-10(4-7)21-6-20-9/h2-5H,6H2,1H3,(H2,14,18)(H,16,19). The number of carbonyl (C=O) groups is 2. The summed E-state index contributed by atoms with van der Waals surface area (Å²) in [5.74, 6) is 0.0227. The number of ether oxygens (including phenoxy) is 2. The first-order valence-corrected chi connectivity index (χ1v) is 6.09. The van der Waals surface area contributed by atoms with E-state index in [0.29, 0.717) is 17.1 Å². The maximum atomic E-state index is 12.2. The van der Waals surface area contributed by atoms with Crippen LogP contribution in [-0.4, -0.2) is 28.4 Å². The van der Waals surface area contributed by atoms with E-state index in [1.54, 1.807) is 25.2 Å². The summed E-state index contributed by atoms with van der Waals surface area (Å²) in [4.78, 5) is 23.6. The van der Waals surface area contributed by atoms with Crippen LogP contribution in [0.25, 0.3) is 0 Å². The van der Waals surface area contributed by atoms with Gasteiger partial charge in [0.15, 0.2) is 11.5 Å². The van der Waals surface area contributed by atoms with E-state index in [-0.39, 0.29) is 18.2 Å². The van der Waals surface area contributed by atoms with Gasteiger partial charge in [-0.1, -0.05) is 0 Å². The monoisotopic (exact) mass is 288 g/mol. The van der Waals surface area contributed by atoms with Gasteiger partial charge in [0.25, 0.3) is 11.8 Å². The number of nitrogens with zero attached hydrogens (tertiary/aromatic N) is 2. The molecule has 3 N–H and O–H groups in total. The second kappa shape index (κ2) is 4.82. The Hall–Kier alpha value is -3.03. The normalized spacial score (nSPS) is 12.2. The molecule has 2 heterocycles. The van der Waals surface area contributed by atoms with Crippen LogP contribution in [-0.2, 0) is 7.05 Å². The predicted molar refractivity (Wildman–Crippen MR) is 72.2 cm³/mol. The molecule has 0 saturated heterocycles. The van der Waals surface area contributed by atoms with E-state index in [1.807, 2.05) is 0 Å². The van der Waals surface area contributed by atoms with Crippen LogP contribution in [0, 0.1) is 0 Å². The Bertz CT molecular complexity index is 738. The molecule has 8 nitrogen and oxygen atoms in total. The first kappa shape index (κ1) is 13.0. The number of primary amides is 1. The van der Waals surface area contributed by atoms with Gasteiger partial charge in [0.2, 0.25) is 6.79 Å². The summed E-state index contributed by atoms with van der Waals surface area (Å²) in [5.41, 5.74) is 6.02. The Labute approximate surface area is 119 Å².